The molecule has 0 bridgehead atoms. The molecule has 0 atom stereocenters. The van der Waals surface area contributed by atoms with E-state index in [-0.39, 0.29) is 5.56 Å². The van der Waals surface area contributed by atoms with Crippen molar-refractivity contribution >= 4 is 22.7 Å². The van der Waals surface area contributed by atoms with Crippen LogP contribution in [-0.2, 0) is 0 Å². The highest BCUT2D eigenvalue weighted by Gasteiger charge is 2.13. The maximum atomic E-state index is 13.0. The zero-order chi connectivity index (χ0) is 17.6. The first-order valence-electron chi connectivity index (χ1n) is 7.99. The smallest absolute Gasteiger partial charge is 0.266 e. The molecule has 0 saturated carbocycles. The Kier molecular flexibility index (Phi) is 5.36. The standard InChI is InChI=1S/C19H17N3O2S/c1-2-24-15-10-8-14(9-11-15)22-18(23)16-6-3-4-7-17(16)21-19(22)25-13-5-12-20/h3-4,6-11H,2,5,13H2,1H3. The molecule has 2 aromatic carbocycles. The van der Waals surface area contributed by atoms with Crippen LogP contribution in [0.3, 0.4) is 0 Å². The largest absolute Gasteiger partial charge is 0.494 e. The summed E-state index contributed by atoms with van der Waals surface area (Å²) in [5.74, 6) is 1.34. The van der Waals surface area contributed by atoms with Gasteiger partial charge in [-0.2, -0.15) is 5.26 Å². The number of hydrogen-bond acceptors (Lipinski definition) is 5. The number of hydrogen-bond donors (Lipinski definition) is 0. The first-order chi connectivity index (χ1) is 12.2. The van der Waals surface area contributed by atoms with Gasteiger partial charge in [0.2, 0.25) is 0 Å². The van der Waals surface area contributed by atoms with Crippen molar-refractivity contribution in [1.82, 2.24) is 9.55 Å². The minimum absolute atomic E-state index is 0.116. The lowest BCUT2D eigenvalue weighted by Gasteiger charge is -2.13. The molecule has 6 heteroatoms. The zero-order valence-corrected chi connectivity index (χ0v) is 14.6. The Morgan fingerprint density at radius 2 is 1.96 bits per heavy atom. The Morgan fingerprint density at radius 3 is 2.68 bits per heavy atom. The summed E-state index contributed by atoms with van der Waals surface area (Å²) >= 11 is 1.41. The number of thioether (sulfide) groups is 1. The average Bonchev–Trinajstić information content (AvgIpc) is 2.63. The summed E-state index contributed by atoms with van der Waals surface area (Å²) in [6.07, 6.45) is 0.399. The van der Waals surface area contributed by atoms with E-state index in [1.165, 1.54) is 11.8 Å². The van der Waals surface area contributed by atoms with E-state index in [9.17, 15) is 4.79 Å². The van der Waals surface area contributed by atoms with Crippen LogP contribution in [0.15, 0.2) is 58.5 Å². The monoisotopic (exact) mass is 351 g/mol. The number of aromatic nitrogens is 2. The SMILES string of the molecule is CCOc1ccc(-n2c(SCCC#N)nc3ccccc3c2=O)cc1. The molecule has 0 fully saturated rings. The summed E-state index contributed by atoms with van der Waals surface area (Å²) in [6, 6.07) is 16.8. The number of para-hydroxylation sites is 1. The minimum atomic E-state index is -0.116. The summed E-state index contributed by atoms with van der Waals surface area (Å²) in [5.41, 5.74) is 1.27. The van der Waals surface area contributed by atoms with Crippen LogP contribution in [-0.4, -0.2) is 21.9 Å². The number of rotatable bonds is 6. The fraction of sp³-hybridized carbons (Fsp3) is 0.211. The molecule has 5 nitrogen and oxygen atoms in total. The van der Waals surface area contributed by atoms with Crippen molar-refractivity contribution in [2.75, 3.05) is 12.4 Å². The van der Waals surface area contributed by atoms with Crippen LogP contribution in [0, 0.1) is 11.3 Å². The molecule has 1 aromatic heterocycles. The van der Waals surface area contributed by atoms with Gasteiger partial charge < -0.3 is 4.74 Å². The van der Waals surface area contributed by atoms with E-state index in [0.29, 0.717) is 34.8 Å². The van der Waals surface area contributed by atoms with Crippen LogP contribution in [0.5, 0.6) is 5.75 Å². The topological polar surface area (TPSA) is 67.9 Å². The van der Waals surface area contributed by atoms with Gasteiger partial charge in [0.1, 0.15) is 5.75 Å². The van der Waals surface area contributed by atoms with Crippen molar-refractivity contribution in [3.05, 3.63) is 58.9 Å². The second kappa shape index (κ2) is 7.86. The van der Waals surface area contributed by atoms with Crippen molar-refractivity contribution in [3.63, 3.8) is 0 Å². The Morgan fingerprint density at radius 1 is 1.20 bits per heavy atom. The van der Waals surface area contributed by atoms with Gasteiger partial charge >= 0.3 is 0 Å². The lowest BCUT2D eigenvalue weighted by atomic mass is 10.2. The quantitative estimate of drug-likeness (QED) is 0.384. The molecular weight excluding hydrogens is 334 g/mol. The third-order valence-corrected chi connectivity index (χ3v) is 4.54. The van der Waals surface area contributed by atoms with Crippen LogP contribution in [0.4, 0.5) is 0 Å². The lowest BCUT2D eigenvalue weighted by Crippen LogP contribution is -2.21. The normalized spacial score (nSPS) is 10.6. The van der Waals surface area contributed by atoms with Gasteiger partial charge in [0.25, 0.3) is 5.56 Å². The Hall–Kier alpha value is -2.78. The molecule has 0 amide bonds. The summed E-state index contributed by atoms with van der Waals surface area (Å²) in [5, 5.41) is 9.93. The van der Waals surface area contributed by atoms with E-state index in [1.54, 1.807) is 10.6 Å². The van der Waals surface area contributed by atoms with Crippen LogP contribution >= 0.6 is 11.8 Å². The molecule has 0 unspecified atom stereocenters. The van der Waals surface area contributed by atoms with Crippen molar-refractivity contribution in [1.29, 1.82) is 5.26 Å². The summed E-state index contributed by atoms with van der Waals surface area (Å²) in [4.78, 5) is 17.6. The summed E-state index contributed by atoms with van der Waals surface area (Å²) in [7, 11) is 0. The molecular formula is C19H17N3O2S. The van der Waals surface area contributed by atoms with E-state index in [4.69, 9.17) is 10.00 Å². The molecule has 0 saturated heterocycles. The predicted molar refractivity (Wildman–Crippen MR) is 99.5 cm³/mol. The van der Waals surface area contributed by atoms with Crippen LogP contribution in [0.1, 0.15) is 13.3 Å². The molecule has 1 heterocycles. The molecule has 0 radical (unpaired) electrons. The van der Waals surface area contributed by atoms with Crippen molar-refractivity contribution in [3.8, 4) is 17.5 Å². The van der Waals surface area contributed by atoms with Crippen LogP contribution < -0.4 is 10.3 Å². The fourth-order valence-corrected chi connectivity index (χ4v) is 3.34. The Bertz CT molecular complexity index is 975. The van der Waals surface area contributed by atoms with Gasteiger partial charge in [-0.1, -0.05) is 23.9 Å². The molecule has 0 N–H and O–H groups in total. The Labute approximate surface area is 149 Å². The zero-order valence-electron chi connectivity index (χ0n) is 13.8. The maximum Gasteiger partial charge on any atom is 0.266 e. The number of nitrogens with zero attached hydrogens (tertiary/aromatic N) is 3. The van der Waals surface area contributed by atoms with Crippen molar-refractivity contribution < 1.29 is 4.74 Å². The van der Waals surface area contributed by atoms with Crippen LogP contribution in [0.25, 0.3) is 16.6 Å². The minimum Gasteiger partial charge on any atom is -0.494 e. The predicted octanol–water partition coefficient (Wildman–Crippen LogP) is 3.79. The first kappa shape index (κ1) is 17.1. The second-order valence-corrected chi connectivity index (χ2v) is 6.30. The molecule has 0 spiro atoms. The van der Waals surface area contributed by atoms with Gasteiger partial charge in [0.05, 0.1) is 29.3 Å². The third-order valence-electron chi connectivity index (χ3n) is 3.60. The summed E-state index contributed by atoms with van der Waals surface area (Å²) in [6.45, 7) is 2.52. The average molecular weight is 351 g/mol. The van der Waals surface area contributed by atoms with E-state index in [0.717, 1.165) is 11.4 Å². The maximum absolute atomic E-state index is 13.0. The molecule has 3 aromatic rings. The molecule has 0 aliphatic rings. The second-order valence-electron chi connectivity index (χ2n) is 5.24. The molecule has 0 aliphatic heterocycles. The number of ether oxygens (including phenoxy) is 1. The van der Waals surface area contributed by atoms with Crippen molar-refractivity contribution in [2.24, 2.45) is 0 Å². The first-order valence-corrected chi connectivity index (χ1v) is 8.98. The van der Waals surface area contributed by atoms with Gasteiger partial charge in [0.15, 0.2) is 5.16 Å². The third kappa shape index (κ3) is 3.67. The van der Waals surface area contributed by atoms with E-state index < -0.39 is 0 Å². The number of nitriles is 1. The van der Waals surface area contributed by atoms with Gasteiger partial charge in [-0.3, -0.25) is 9.36 Å². The lowest BCUT2D eigenvalue weighted by molar-refractivity contribution is 0.340. The van der Waals surface area contributed by atoms with Gasteiger partial charge in [-0.15, -0.1) is 0 Å². The van der Waals surface area contributed by atoms with E-state index >= 15 is 0 Å². The van der Waals surface area contributed by atoms with E-state index in [1.807, 2.05) is 49.4 Å². The van der Waals surface area contributed by atoms with Gasteiger partial charge in [-0.25, -0.2) is 4.98 Å². The highest BCUT2D eigenvalue weighted by Crippen LogP contribution is 2.23. The fourth-order valence-electron chi connectivity index (χ4n) is 2.48. The Balaban J connectivity index is 2.13. The van der Waals surface area contributed by atoms with Gasteiger partial charge in [-0.05, 0) is 43.3 Å². The van der Waals surface area contributed by atoms with Crippen molar-refractivity contribution in [2.45, 2.75) is 18.5 Å². The van der Waals surface area contributed by atoms with Crippen LogP contribution in [0.2, 0.25) is 0 Å². The molecule has 126 valence electrons. The van der Waals surface area contributed by atoms with Gasteiger partial charge in [0, 0.05) is 12.2 Å². The highest BCUT2D eigenvalue weighted by atomic mass is 32.2. The number of benzene rings is 2. The number of fused-ring (bicyclic) bond motifs is 1. The highest BCUT2D eigenvalue weighted by molar-refractivity contribution is 7.99. The molecule has 25 heavy (non-hydrogen) atoms. The molecule has 3 rings (SSSR count). The van der Waals surface area contributed by atoms with E-state index in [2.05, 4.69) is 11.1 Å². The summed E-state index contributed by atoms with van der Waals surface area (Å²) < 4.78 is 7.06. The molecule has 0 aliphatic carbocycles.